The standard InChI is InChI=1S/C18H26N6O2S/c1-13-18(14(2)22(3)21-13)27(25,26)24-10-8-23(9-11-24)17-12-15-6-4-5-7-16(15)19-20-17/h12H,4-11H2,1-3H3. The highest BCUT2D eigenvalue weighted by Gasteiger charge is 2.33. The minimum atomic E-state index is -3.54. The first-order valence-corrected chi connectivity index (χ1v) is 10.9. The van der Waals surface area contributed by atoms with Gasteiger partial charge in [0.2, 0.25) is 10.0 Å². The van der Waals surface area contributed by atoms with Gasteiger partial charge in [0.15, 0.2) is 5.82 Å². The van der Waals surface area contributed by atoms with Crippen molar-refractivity contribution in [2.75, 3.05) is 31.1 Å². The zero-order valence-electron chi connectivity index (χ0n) is 16.1. The molecular formula is C18H26N6O2S. The molecule has 8 nitrogen and oxygen atoms in total. The third kappa shape index (κ3) is 3.23. The summed E-state index contributed by atoms with van der Waals surface area (Å²) in [6, 6.07) is 2.14. The normalized spacial score (nSPS) is 18.6. The second-order valence-electron chi connectivity index (χ2n) is 7.40. The average Bonchev–Trinajstić information content (AvgIpc) is 2.93. The molecule has 146 valence electrons. The molecule has 1 saturated heterocycles. The molecule has 2 aromatic heterocycles. The molecule has 0 atom stereocenters. The molecule has 0 unspecified atom stereocenters. The van der Waals surface area contributed by atoms with Gasteiger partial charge in [0.25, 0.3) is 0 Å². The summed E-state index contributed by atoms with van der Waals surface area (Å²) < 4.78 is 29.4. The highest BCUT2D eigenvalue weighted by molar-refractivity contribution is 7.89. The topological polar surface area (TPSA) is 84.2 Å². The van der Waals surface area contributed by atoms with E-state index in [4.69, 9.17) is 0 Å². The molecule has 1 aliphatic heterocycles. The number of fused-ring (bicyclic) bond motifs is 1. The van der Waals surface area contributed by atoms with Crippen molar-refractivity contribution in [1.29, 1.82) is 0 Å². The molecule has 0 saturated carbocycles. The van der Waals surface area contributed by atoms with Crippen LogP contribution >= 0.6 is 0 Å². The van der Waals surface area contributed by atoms with Crippen LogP contribution in [-0.2, 0) is 29.9 Å². The molecule has 3 heterocycles. The van der Waals surface area contributed by atoms with Crippen LogP contribution in [0.5, 0.6) is 0 Å². The van der Waals surface area contributed by atoms with Gasteiger partial charge in [-0.25, -0.2) is 8.42 Å². The number of nitrogens with zero attached hydrogens (tertiary/aromatic N) is 6. The van der Waals surface area contributed by atoms with Gasteiger partial charge in [-0.15, -0.1) is 5.10 Å². The van der Waals surface area contributed by atoms with E-state index in [9.17, 15) is 8.42 Å². The molecule has 0 bridgehead atoms. The quantitative estimate of drug-likeness (QED) is 0.783. The molecule has 27 heavy (non-hydrogen) atoms. The van der Waals surface area contributed by atoms with E-state index in [-0.39, 0.29) is 0 Å². The van der Waals surface area contributed by atoms with Crippen molar-refractivity contribution < 1.29 is 8.42 Å². The fourth-order valence-corrected chi connectivity index (χ4v) is 5.87. The molecule has 1 fully saturated rings. The summed E-state index contributed by atoms with van der Waals surface area (Å²) in [5.74, 6) is 0.862. The van der Waals surface area contributed by atoms with E-state index < -0.39 is 10.0 Å². The Hall–Kier alpha value is -2.00. The van der Waals surface area contributed by atoms with Crippen LogP contribution in [0.1, 0.15) is 35.5 Å². The number of hydrogen-bond acceptors (Lipinski definition) is 6. The van der Waals surface area contributed by atoms with Crippen LogP contribution in [0.2, 0.25) is 0 Å². The number of sulfonamides is 1. The SMILES string of the molecule is Cc1nn(C)c(C)c1S(=O)(=O)N1CCN(c2cc3c(nn2)CCCC3)CC1. The molecule has 1 aliphatic carbocycles. The Balaban J connectivity index is 1.50. The van der Waals surface area contributed by atoms with Gasteiger partial charge in [-0.2, -0.15) is 14.5 Å². The first-order valence-electron chi connectivity index (χ1n) is 9.48. The second kappa shape index (κ2) is 6.87. The fraction of sp³-hybridized carbons (Fsp3) is 0.611. The van der Waals surface area contributed by atoms with Crippen LogP contribution in [0.3, 0.4) is 0 Å². The Morgan fingerprint density at radius 2 is 1.70 bits per heavy atom. The highest BCUT2D eigenvalue weighted by Crippen LogP contribution is 2.26. The van der Waals surface area contributed by atoms with Gasteiger partial charge in [0.1, 0.15) is 4.90 Å². The van der Waals surface area contributed by atoms with Crippen LogP contribution in [0.4, 0.5) is 5.82 Å². The number of rotatable bonds is 3. The minimum absolute atomic E-state index is 0.340. The summed E-state index contributed by atoms with van der Waals surface area (Å²) in [6.07, 6.45) is 4.46. The molecule has 0 N–H and O–H groups in total. The fourth-order valence-electron chi connectivity index (χ4n) is 4.05. The maximum atomic E-state index is 13.1. The molecule has 0 radical (unpaired) electrons. The van der Waals surface area contributed by atoms with E-state index >= 15 is 0 Å². The molecule has 2 aliphatic rings. The molecular weight excluding hydrogens is 364 g/mol. The number of hydrogen-bond donors (Lipinski definition) is 0. The molecule has 2 aromatic rings. The molecule has 0 spiro atoms. The summed E-state index contributed by atoms with van der Waals surface area (Å²) >= 11 is 0. The Bertz CT molecular complexity index is 960. The van der Waals surface area contributed by atoms with Crippen molar-refractivity contribution in [2.24, 2.45) is 7.05 Å². The first-order chi connectivity index (χ1) is 12.9. The average molecular weight is 391 g/mol. The largest absolute Gasteiger partial charge is 0.352 e. The maximum Gasteiger partial charge on any atom is 0.246 e. The van der Waals surface area contributed by atoms with Gasteiger partial charge >= 0.3 is 0 Å². The summed E-state index contributed by atoms with van der Waals surface area (Å²) in [5.41, 5.74) is 3.64. The van der Waals surface area contributed by atoms with Crippen molar-refractivity contribution in [1.82, 2.24) is 24.3 Å². The second-order valence-corrected chi connectivity index (χ2v) is 9.27. The number of aromatic nitrogens is 4. The van der Waals surface area contributed by atoms with Crippen LogP contribution in [0.15, 0.2) is 11.0 Å². The van der Waals surface area contributed by atoms with Crippen LogP contribution in [0.25, 0.3) is 0 Å². The van der Waals surface area contributed by atoms with Crippen molar-refractivity contribution in [3.63, 3.8) is 0 Å². The van der Waals surface area contributed by atoms with Crippen molar-refractivity contribution in [3.05, 3.63) is 28.7 Å². The Kier molecular flexibility index (Phi) is 4.67. The summed E-state index contributed by atoms with van der Waals surface area (Å²) in [6.45, 7) is 5.66. The van der Waals surface area contributed by atoms with Crippen LogP contribution in [-0.4, -0.2) is 58.9 Å². The van der Waals surface area contributed by atoms with E-state index in [1.54, 1.807) is 29.9 Å². The summed E-state index contributed by atoms with van der Waals surface area (Å²) in [4.78, 5) is 2.48. The summed E-state index contributed by atoms with van der Waals surface area (Å²) in [7, 11) is -1.76. The van der Waals surface area contributed by atoms with Gasteiger partial charge in [-0.1, -0.05) is 0 Å². The smallest absolute Gasteiger partial charge is 0.246 e. The third-order valence-electron chi connectivity index (χ3n) is 5.66. The number of aryl methyl sites for hydroxylation is 4. The van der Waals surface area contributed by atoms with Crippen molar-refractivity contribution in [2.45, 2.75) is 44.4 Å². The van der Waals surface area contributed by atoms with E-state index in [1.165, 1.54) is 18.4 Å². The van der Waals surface area contributed by atoms with Crippen LogP contribution in [0, 0.1) is 13.8 Å². The molecule has 9 heteroatoms. The predicted octanol–water partition coefficient (Wildman–Crippen LogP) is 1.22. The zero-order valence-corrected chi connectivity index (χ0v) is 17.0. The predicted molar refractivity (Wildman–Crippen MR) is 102 cm³/mol. The maximum absolute atomic E-state index is 13.1. The van der Waals surface area contributed by atoms with E-state index in [1.807, 2.05) is 0 Å². The lowest BCUT2D eigenvalue weighted by atomic mass is 9.97. The molecule has 0 aromatic carbocycles. The van der Waals surface area contributed by atoms with Gasteiger partial charge < -0.3 is 4.90 Å². The third-order valence-corrected chi connectivity index (χ3v) is 7.81. The van der Waals surface area contributed by atoms with Gasteiger partial charge in [-0.3, -0.25) is 4.68 Å². The highest BCUT2D eigenvalue weighted by atomic mass is 32.2. The first kappa shape index (κ1) is 18.4. The Labute approximate surface area is 160 Å². The Morgan fingerprint density at radius 1 is 1.00 bits per heavy atom. The zero-order chi connectivity index (χ0) is 19.2. The lowest BCUT2D eigenvalue weighted by Gasteiger charge is -2.34. The van der Waals surface area contributed by atoms with E-state index in [0.717, 1.165) is 24.4 Å². The van der Waals surface area contributed by atoms with Crippen molar-refractivity contribution in [3.8, 4) is 0 Å². The molecule has 4 rings (SSSR count). The lowest BCUT2D eigenvalue weighted by molar-refractivity contribution is 0.382. The Morgan fingerprint density at radius 3 is 2.37 bits per heavy atom. The van der Waals surface area contributed by atoms with E-state index in [0.29, 0.717) is 42.5 Å². The van der Waals surface area contributed by atoms with Gasteiger partial charge in [0, 0.05) is 33.2 Å². The number of piperazine rings is 1. The monoisotopic (exact) mass is 390 g/mol. The van der Waals surface area contributed by atoms with E-state index in [2.05, 4.69) is 26.3 Å². The van der Waals surface area contributed by atoms with Crippen LogP contribution < -0.4 is 4.90 Å². The minimum Gasteiger partial charge on any atom is -0.352 e. The van der Waals surface area contributed by atoms with Crippen molar-refractivity contribution >= 4 is 15.8 Å². The summed E-state index contributed by atoms with van der Waals surface area (Å²) in [5, 5.41) is 13.0. The van der Waals surface area contributed by atoms with Gasteiger partial charge in [0.05, 0.1) is 17.1 Å². The number of anilines is 1. The lowest BCUT2D eigenvalue weighted by Crippen LogP contribution is -2.49. The molecule has 0 amide bonds. The van der Waals surface area contributed by atoms with Gasteiger partial charge in [-0.05, 0) is 51.2 Å².